The molecule has 3 aromatic rings. The van der Waals surface area contributed by atoms with E-state index in [1.54, 1.807) is 37.4 Å². The van der Waals surface area contributed by atoms with Crippen LogP contribution < -0.4 is 15.4 Å². The molecule has 0 bridgehead atoms. The van der Waals surface area contributed by atoms with Gasteiger partial charge in [-0.05, 0) is 55.6 Å². The summed E-state index contributed by atoms with van der Waals surface area (Å²) in [6.45, 7) is 3.28. The molecule has 2 amide bonds. The van der Waals surface area contributed by atoms with Crippen LogP contribution in [0, 0.1) is 13.8 Å². The van der Waals surface area contributed by atoms with Gasteiger partial charge in [-0.1, -0.05) is 6.07 Å². The topological polar surface area (TPSA) is 130 Å². The zero-order valence-electron chi connectivity index (χ0n) is 16.2. The van der Waals surface area contributed by atoms with E-state index in [4.69, 9.17) is 0 Å². The highest BCUT2D eigenvalue weighted by Crippen LogP contribution is 2.17. The molecule has 1 aromatic carbocycles. The summed E-state index contributed by atoms with van der Waals surface area (Å²) >= 11 is 1.28. The van der Waals surface area contributed by atoms with Gasteiger partial charge in [0.05, 0.1) is 16.3 Å². The van der Waals surface area contributed by atoms with Gasteiger partial charge in [0, 0.05) is 17.1 Å². The number of hydrogen-bond acceptors (Lipinski definition) is 7. The highest BCUT2D eigenvalue weighted by molar-refractivity contribution is 7.92. The van der Waals surface area contributed by atoms with Gasteiger partial charge in [-0.25, -0.2) is 23.1 Å². The summed E-state index contributed by atoms with van der Waals surface area (Å²) in [7, 11) is -3.88. The van der Waals surface area contributed by atoms with Crippen LogP contribution >= 0.6 is 11.3 Å². The number of aromatic nitrogens is 2. The Hall–Kier alpha value is -3.31. The average molecular weight is 446 g/mol. The molecule has 0 radical (unpaired) electrons. The first-order valence-electron chi connectivity index (χ1n) is 8.80. The van der Waals surface area contributed by atoms with E-state index in [9.17, 15) is 18.0 Å². The number of aryl methyl sites for hydroxylation is 2. The van der Waals surface area contributed by atoms with Gasteiger partial charge in [0.1, 0.15) is 0 Å². The smallest absolute Gasteiger partial charge is 0.264 e. The van der Waals surface area contributed by atoms with E-state index in [1.165, 1.54) is 35.6 Å². The van der Waals surface area contributed by atoms with E-state index in [0.717, 1.165) is 0 Å². The molecule has 30 heavy (non-hydrogen) atoms. The molecule has 3 rings (SSSR count). The van der Waals surface area contributed by atoms with Crippen molar-refractivity contribution in [3.05, 3.63) is 64.1 Å². The van der Waals surface area contributed by atoms with Crippen LogP contribution in [0.1, 0.15) is 21.1 Å². The molecule has 156 valence electrons. The lowest BCUT2D eigenvalue weighted by atomic mass is 10.3. The van der Waals surface area contributed by atoms with Crippen LogP contribution in [-0.4, -0.2) is 36.7 Å². The van der Waals surface area contributed by atoms with Gasteiger partial charge in [-0.2, -0.15) is 0 Å². The van der Waals surface area contributed by atoms with Crippen LogP contribution in [0.3, 0.4) is 0 Å². The highest BCUT2D eigenvalue weighted by atomic mass is 32.2. The molecule has 9 nitrogen and oxygen atoms in total. The standard InChI is InChI=1S/C19H19N5O4S2/c1-12-10-13(2)22-19(21-12)24-30(27,28)15-7-5-14(6-8-15)23-17(25)11-20-18(26)16-4-3-9-29-16/h3-10H,11H2,1-2H3,(H,20,26)(H,23,25)(H,21,22,24). The Labute approximate surface area is 177 Å². The van der Waals surface area contributed by atoms with Gasteiger partial charge in [-0.15, -0.1) is 11.3 Å². The third-order valence-electron chi connectivity index (χ3n) is 3.81. The van der Waals surface area contributed by atoms with Crippen molar-refractivity contribution in [1.82, 2.24) is 15.3 Å². The number of rotatable bonds is 7. The number of nitrogens with zero attached hydrogens (tertiary/aromatic N) is 2. The quantitative estimate of drug-likeness (QED) is 0.512. The number of carbonyl (C=O) groups excluding carboxylic acids is 2. The lowest BCUT2D eigenvalue weighted by Crippen LogP contribution is -2.32. The third-order valence-corrected chi connectivity index (χ3v) is 6.02. The first-order valence-corrected chi connectivity index (χ1v) is 11.2. The number of anilines is 2. The maximum Gasteiger partial charge on any atom is 0.264 e. The summed E-state index contributed by atoms with van der Waals surface area (Å²) in [5.41, 5.74) is 1.68. The maximum absolute atomic E-state index is 12.5. The minimum absolute atomic E-state index is 0.00532. The number of hydrogen-bond donors (Lipinski definition) is 3. The predicted molar refractivity (Wildman–Crippen MR) is 114 cm³/mol. The molecule has 0 aliphatic heterocycles. The number of nitrogens with one attached hydrogen (secondary N) is 3. The number of benzene rings is 1. The third kappa shape index (κ3) is 5.61. The molecule has 0 fully saturated rings. The van der Waals surface area contributed by atoms with Crippen molar-refractivity contribution < 1.29 is 18.0 Å². The van der Waals surface area contributed by atoms with E-state index in [-0.39, 0.29) is 23.3 Å². The van der Waals surface area contributed by atoms with Crippen LogP contribution in [0.5, 0.6) is 0 Å². The van der Waals surface area contributed by atoms with Crippen LogP contribution in [-0.2, 0) is 14.8 Å². The van der Waals surface area contributed by atoms with Gasteiger partial charge >= 0.3 is 0 Å². The Kier molecular flexibility index (Phi) is 6.43. The lowest BCUT2D eigenvalue weighted by Gasteiger charge is -2.10. The van der Waals surface area contributed by atoms with Gasteiger partial charge in [0.15, 0.2) is 0 Å². The van der Waals surface area contributed by atoms with Gasteiger partial charge in [-0.3, -0.25) is 9.59 Å². The van der Waals surface area contributed by atoms with E-state index in [1.807, 2.05) is 0 Å². The molecule has 2 heterocycles. The van der Waals surface area contributed by atoms with Crippen molar-refractivity contribution in [3.63, 3.8) is 0 Å². The van der Waals surface area contributed by atoms with Crippen LogP contribution in [0.25, 0.3) is 0 Å². The zero-order chi connectivity index (χ0) is 21.7. The van der Waals surface area contributed by atoms with E-state index in [0.29, 0.717) is 22.0 Å². The molecule has 2 aromatic heterocycles. The minimum atomic E-state index is -3.88. The number of sulfonamides is 1. The van der Waals surface area contributed by atoms with Crippen molar-refractivity contribution >= 4 is 44.8 Å². The molecule has 0 unspecified atom stereocenters. The molecule has 0 aliphatic rings. The molecular formula is C19H19N5O4S2. The fraction of sp³-hybridized carbons (Fsp3) is 0.158. The summed E-state index contributed by atoms with van der Waals surface area (Å²) in [6.07, 6.45) is 0. The van der Waals surface area contributed by atoms with E-state index >= 15 is 0 Å². The van der Waals surface area contributed by atoms with E-state index in [2.05, 4.69) is 25.3 Å². The Balaban J connectivity index is 1.59. The fourth-order valence-electron chi connectivity index (χ4n) is 2.53. The molecule has 0 atom stereocenters. The number of thiophene rings is 1. The Morgan fingerprint density at radius 2 is 1.70 bits per heavy atom. The zero-order valence-corrected chi connectivity index (χ0v) is 17.8. The fourth-order valence-corrected chi connectivity index (χ4v) is 4.11. The average Bonchev–Trinajstić information content (AvgIpc) is 3.20. The summed E-state index contributed by atoms with van der Waals surface area (Å²) in [5, 5.41) is 6.88. The molecule has 0 spiro atoms. The summed E-state index contributed by atoms with van der Waals surface area (Å²) < 4.78 is 27.4. The second-order valence-electron chi connectivity index (χ2n) is 6.31. The Bertz CT molecular complexity index is 1140. The molecule has 0 aliphatic carbocycles. The largest absolute Gasteiger partial charge is 0.342 e. The normalized spacial score (nSPS) is 11.0. The first-order chi connectivity index (χ1) is 14.2. The van der Waals surface area contributed by atoms with Crippen molar-refractivity contribution in [3.8, 4) is 0 Å². The van der Waals surface area contributed by atoms with Crippen molar-refractivity contribution in [2.24, 2.45) is 0 Å². The summed E-state index contributed by atoms with van der Waals surface area (Å²) in [4.78, 5) is 32.5. The number of amides is 2. The SMILES string of the molecule is Cc1cc(C)nc(NS(=O)(=O)c2ccc(NC(=O)CNC(=O)c3cccs3)cc2)n1. The van der Waals surface area contributed by atoms with Crippen molar-refractivity contribution in [2.45, 2.75) is 18.7 Å². The van der Waals surface area contributed by atoms with Crippen LogP contribution in [0.4, 0.5) is 11.6 Å². The van der Waals surface area contributed by atoms with E-state index < -0.39 is 15.9 Å². The predicted octanol–water partition coefficient (Wildman–Crippen LogP) is 2.32. The van der Waals surface area contributed by atoms with Crippen molar-refractivity contribution in [2.75, 3.05) is 16.6 Å². The van der Waals surface area contributed by atoms with Gasteiger partial charge < -0.3 is 10.6 Å². The Morgan fingerprint density at radius 3 is 2.30 bits per heavy atom. The van der Waals surface area contributed by atoms with Crippen LogP contribution in [0.2, 0.25) is 0 Å². The Morgan fingerprint density at radius 1 is 1.03 bits per heavy atom. The van der Waals surface area contributed by atoms with Gasteiger partial charge in [0.25, 0.3) is 15.9 Å². The minimum Gasteiger partial charge on any atom is -0.342 e. The second-order valence-corrected chi connectivity index (χ2v) is 8.94. The molecule has 11 heteroatoms. The monoisotopic (exact) mass is 445 g/mol. The second kappa shape index (κ2) is 9.01. The molecule has 0 saturated heterocycles. The first kappa shape index (κ1) is 21.4. The summed E-state index contributed by atoms with van der Waals surface area (Å²) in [5.74, 6) is -0.773. The maximum atomic E-state index is 12.5. The number of carbonyl (C=O) groups is 2. The van der Waals surface area contributed by atoms with Crippen molar-refractivity contribution in [1.29, 1.82) is 0 Å². The molecule has 0 saturated carbocycles. The highest BCUT2D eigenvalue weighted by Gasteiger charge is 2.16. The lowest BCUT2D eigenvalue weighted by molar-refractivity contribution is -0.115. The van der Waals surface area contributed by atoms with Gasteiger partial charge in [0.2, 0.25) is 11.9 Å². The molecular weight excluding hydrogens is 426 g/mol. The van der Waals surface area contributed by atoms with Crippen LogP contribution in [0.15, 0.2) is 52.7 Å². The molecule has 3 N–H and O–H groups in total. The summed E-state index contributed by atoms with van der Waals surface area (Å²) in [6, 6.07) is 10.8.